The topological polar surface area (TPSA) is 97.7 Å². The van der Waals surface area contributed by atoms with E-state index in [0.717, 1.165) is 29.9 Å². The minimum atomic E-state index is -4.67. The van der Waals surface area contributed by atoms with Crippen molar-refractivity contribution in [1.29, 1.82) is 0 Å². The number of alkyl halides is 3. The molecule has 1 N–H and O–H groups in total. The van der Waals surface area contributed by atoms with Gasteiger partial charge in [0.15, 0.2) is 9.84 Å². The Balaban J connectivity index is 1.86. The highest BCUT2D eigenvalue weighted by Crippen LogP contribution is 2.30. The Bertz CT molecular complexity index is 1150. The lowest BCUT2D eigenvalue weighted by Gasteiger charge is -2.11. The Morgan fingerprint density at radius 2 is 1.77 bits per heavy atom. The monoisotopic (exact) mass is 437 g/mol. The van der Waals surface area contributed by atoms with Crippen molar-refractivity contribution in [2.45, 2.75) is 31.1 Å². The lowest BCUT2D eigenvalue weighted by Crippen LogP contribution is -2.18. The molecule has 0 fully saturated rings. The summed E-state index contributed by atoms with van der Waals surface area (Å²) >= 11 is 0. The van der Waals surface area contributed by atoms with Gasteiger partial charge < -0.3 is 5.32 Å². The SMILES string of the molecule is Cc1cccc(CNCc2nc(-c3ccc(S(C)(=O)=O)cn3)cc(C(F)(F)F)n2)n1. The van der Waals surface area contributed by atoms with Crippen LogP contribution in [0.4, 0.5) is 13.2 Å². The van der Waals surface area contributed by atoms with E-state index in [4.69, 9.17) is 0 Å². The maximum atomic E-state index is 13.3. The molecule has 3 rings (SSSR count). The molecule has 0 saturated heterocycles. The molecule has 3 aromatic rings. The van der Waals surface area contributed by atoms with Crippen LogP contribution in [0, 0.1) is 6.92 Å². The van der Waals surface area contributed by atoms with Crippen molar-refractivity contribution >= 4 is 9.84 Å². The number of pyridine rings is 2. The van der Waals surface area contributed by atoms with Crippen molar-refractivity contribution in [3.8, 4) is 11.4 Å². The minimum Gasteiger partial charge on any atom is -0.304 e. The Morgan fingerprint density at radius 1 is 1.00 bits per heavy atom. The van der Waals surface area contributed by atoms with E-state index in [0.29, 0.717) is 6.54 Å². The smallest absolute Gasteiger partial charge is 0.304 e. The number of hydrogen-bond acceptors (Lipinski definition) is 7. The molecule has 7 nitrogen and oxygen atoms in total. The number of aryl methyl sites for hydroxylation is 1. The molecule has 0 radical (unpaired) electrons. The molecule has 0 unspecified atom stereocenters. The largest absolute Gasteiger partial charge is 0.433 e. The number of halogens is 3. The van der Waals surface area contributed by atoms with E-state index in [1.165, 1.54) is 12.1 Å². The predicted molar refractivity (Wildman–Crippen MR) is 103 cm³/mol. The van der Waals surface area contributed by atoms with Crippen molar-refractivity contribution in [2.24, 2.45) is 0 Å². The molecule has 3 heterocycles. The first-order chi connectivity index (χ1) is 14.0. The van der Waals surface area contributed by atoms with Crippen molar-refractivity contribution in [1.82, 2.24) is 25.3 Å². The highest BCUT2D eigenvalue weighted by atomic mass is 32.2. The number of nitrogens with zero attached hydrogens (tertiary/aromatic N) is 4. The number of rotatable bonds is 6. The fourth-order valence-corrected chi connectivity index (χ4v) is 3.16. The van der Waals surface area contributed by atoms with Crippen LogP contribution in [0.2, 0.25) is 0 Å². The summed E-state index contributed by atoms with van der Waals surface area (Å²) in [5, 5.41) is 2.98. The van der Waals surface area contributed by atoms with Crippen LogP contribution in [0.25, 0.3) is 11.4 Å². The summed E-state index contributed by atoms with van der Waals surface area (Å²) in [4.78, 5) is 16.0. The average molecular weight is 437 g/mol. The molecule has 0 aliphatic rings. The number of aromatic nitrogens is 4. The Kier molecular flexibility index (Phi) is 6.13. The molecule has 0 bridgehead atoms. The highest BCUT2D eigenvalue weighted by Gasteiger charge is 2.33. The second-order valence-corrected chi connectivity index (χ2v) is 8.59. The third kappa shape index (κ3) is 5.57. The zero-order valence-corrected chi connectivity index (χ0v) is 16.9. The molecule has 3 aromatic heterocycles. The molecular formula is C19H18F3N5O2S. The van der Waals surface area contributed by atoms with Gasteiger partial charge in [-0.05, 0) is 37.3 Å². The van der Waals surface area contributed by atoms with Crippen LogP contribution >= 0.6 is 0 Å². The van der Waals surface area contributed by atoms with Gasteiger partial charge in [-0.2, -0.15) is 13.2 Å². The summed E-state index contributed by atoms with van der Waals surface area (Å²) in [5.41, 5.74) is 0.516. The van der Waals surface area contributed by atoms with Crippen LogP contribution in [0.5, 0.6) is 0 Å². The van der Waals surface area contributed by atoms with Crippen molar-refractivity contribution in [2.75, 3.05) is 6.26 Å². The normalized spacial score (nSPS) is 12.2. The fraction of sp³-hybridized carbons (Fsp3) is 0.263. The first-order valence-electron chi connectivity index (χ1n) is 8.77. The quantitative estimate of drug-likeness (QED) is 0.633. The Morgan fingerprint density at radius 3 is 2.37 bits per heavy atom. The van der Waals surface area contributed by atoms with Crippen LogP contribution in [0.1, 0.15) is 22.9 Å². The van der Waals surface area contributed by atoms with E-state index >= 15 is 0 Å². The van der Waals surface area contributed by atoms with Gasteiger partial charge in [0.2, 0.25) is 0 Å². The molecule has 158 valence electrons. The molecule has 0 aliphatic carbocycles. The summed E-state index contributed by atoms with van der Waals surface area (Å²) in [6, 6.07) is 8.85. The molecule has 0 atom stereocenters. The van der Waals surface area contributed by atoms with Gasteiger partial charge in [0.25, 0.3) is 0 Å². The van der Waals surface area contributed by atoms with Gasteiger partial charge in [-0.15, -0.1) is 0 Å². The third-order valence-corrected chi connectivity index (χ3v) is 5.12. The van der Waals surface area contributed by atoms with Gasteiger partial charge in [-0.25, -0.2) is 18.4 Å². The lowest BCUT2D eigenvalue weighted by atomic mass is 10.2. The van der Waals surface area contributed by atoms with E-state index in [1.807, 2.05) is 19.1 Å². The van der Waals surface area contributed by atoms with Gasteiger partial charge in [-0.1, -0.05) is 6.07 Å². The van der Waals surface area contributed by atoms with E-state index < -0.39 is 21.7 Å². The first kappa shape index (κ1) is 21.8. The summed E-state index contributed by atoms with van der Waals surface area (Å²) < 4.78 is 63.0. The molecular weight excluding hydrogens is 419 g/mol. The van der Waals surface area contributed by atoms with Gasteiger partial charge >= 0.3 is 6.18 Å². The third-order valence-electron chi connectivity index (χ3n) is 4.03. The second-order valence-electron chi connectivity index (χ2n) is 6.58. The van der Waals surface area contributed by atoms with Crippen molar-refractivity contribution < 1.29 is 21.6 Å². The maximum Gasteiger partial charge on any atom is 0.433 e. The summed E-state index contributed by atoms with van der Waals surface area (Å²) in [7, 11) is -3.47. The zero-order valence-electron chi connectivity index (χ0n) is 16.1. The number of nitrogens with one attached hydrogen (secondary N) is 1. The van der Waals surface area contributed by atoms with E-state index in [-0.39, 0.29) is 28.7 Å². The van der Waals surface area contributed by atoms with Crippen molar-refractivity contribution in [3.05, 3.63) is 65.5 Å². The standard InChI is InChI=1S/C19H18F3N5O2S/c1-12-4-3-5-13(25-12)9-23-11-18-26-16(8-17(27-18)19(20,21)22)15-7-6-14(10-24-15)30(2,28)29/h3-8,10,23H,9,11H2,1-2H3. The molecule has 0 spiro atoms. The van der Waals surface area contributed by atoms with Crippen LogP contribution in [0.3, 0.4) is 0 Å². The molecule has 11 heteroatoms. The van der Waals surface area contributed by atoms with Crippen LogP contribution < -0.4 is 5.32 Å². The molecule has 30 heavy (non-hydrogen) atoms. The molecule has 0 amide bonds. The number of hydrogen-bond donors (Lipinski definition) is 1. The van der Waals surface area contributed by atoms with Crippen LogP contribution in [0.15, 0.2) is 47.5 Å². The van der Waals surface area contributed by atoms with Gasteiger partial charge in [0, 0.05) is 24.7 Å². The van der Waals surface area contributed by atoms with Gasteiger partial charge in [0.05, 0.1) is 28.5 Å². The van der Waals surface area contributed by atoms with Crippen LogP contribution in [-0.2, 0) is 29.1 Å². The fourth-order valence-electron chi connectivity index (χ4n) is 2.60. The zero-order chi connectivity index (χ0) is 21.9. The minimum absolute atomic E-state index is 0.0199. The summed E-state index contributed by atoms with van der Waals surface area (Å²) in [6.45, 7) is 2.15. The first-order valence-corrected chi connectivity index (χ1v) is 10.7. The van der Waals surface area contributed by atoms with E-state index in [2.05, 4.69) is 25.3 Å². The van der Waals surface area contributed by atoms with Gasteiger partial charge in [-0.3, -0.25) is 9.97 Å². The molecule has 0 aliphatic heterocycles. The van der Waals surface area contributed by atoms with E-state index in [1.54, 1.807) is 6.07 Å². The van der Waals surface area contributed by atoms with Crippen molar-refractivity contribution in [3.63, 3.8) is 0 Å². The van der Waals surface area contributed by atoms with Crippen LogP contribution in [-0.4, -0.2) is 34.6 Å². The summed E-state index contributed by atoms with van der Waals surface area (Å²) in [6.07, 6.45) is -2.57. The molecule has 0 saturated carbocycles. The van der Waals surface area contributed by atoms with E-state index in [9.17, 15) is 21.6 Å². The second kappa shape index (κ2) is 8.44. The molecule has 0 aromatic carbocycles. The lowest BCUT2D eigenvalue weighted by molar-refractivity contribution is -0.141. The number of sulfone groups is 1. The van der Waals surface area contributed by atoms with Gasteiger partial charge in [0.1, 0.15) is 11.5 Å². The Labute approximate surface area is 171 Å². The predicted octanol–water partition coefficient (Wildman–Crippen LogP) is 2.95. The Hall–Kier alpha value is -2.92. The highest BCUT2D eigenvalue weighted by molar-refractivity contribution is 7.90. The average Bonchev–Trinajstić information content (AvgIpc) is 2.67. The maximum absolute atomic E-state index is 13.3. The summed E-state index contributed by atoms with van der Waals surface area (Å²) in [5.74, 6) is -0.0681.